The van der Waals surface area contributed by atoms with E-state index in [0.29, 0.717) is 0 Å². The van der Waals surface area contributed by atoms with E-state index in [2.05, 4.69) is 0 Å². The molecule has 1 atom stereocenters. The van der Waals surface area contributed by atoms with Crippen molar-refractivity contribution in [2.75, 3.05) is 0 Å². The van der Waals surface area contributed by atoms with Crippen molar-refractivity contribution in [2.24, 2.45) is 11.1 Å². The van der Waals surface area contributed by atoms with Crippen LogP contribution in [-0.4, -0.2) is 16.6 Å². The van der Waals surface area contributed by atoms with Crippen LogP contribution in [0.3, 0.4) is 0 Å². The average molecular weight is 159 g/mol. The van der Waals surface area contributed by atoms with Gasteiger partial charge in [0.1, 0.15) is 0 Å². The number of aliphatic hydroxyl groups is 1. The first-order valence-corrected chi connectivity index (χ1v) is 3.67. The number of primary amides is 1. The second kappa shape index (κ2) is 2.81. The van der Waals surface area contributed by atoms with Crippen LogP contribution in [0.1, 0.15) is 34.1 Å². The van der Waals surface area contributed by atoms with Gasteiger partial charge in [-0.15, -0.1) is 0 Å². The molecule has 0 saturated heterocycles. The molecule has 3 heteroatoms. The third-order valence-corrected chi connectivity index (χ3v) is 2.13. The summed E-state index contributed by atoms with van der Waals surface area (Å²) in [6, 6.07) is 0. The first-order valence-electron chi connectivity index (χ1n) is 3.67. The van der Waals surface area contributed by atoms with Crippen LogP contribution >= 0.6 is 0 Å². The van der Waals surface area contributed by atoms with E-state index in [0.717, 1.165) is 0 Å². The van der Waals surface area contributed by atoms with Crippen molar-refractivity contribution in [1.82, 2.24) is 0 Å². The molecule has 0 heterocycles. The number of amides is 1. The molecular formula is C8H17NO2. The summed E-state index contributed by atoms with van der Waals surface area (Å²) in [5, 5.41) is 9.72. The molecule has 11 heavy (non-hydrogen) atoms. The lowest BCUT2D eigenvalue weighted by atomic mass is 9.76. The summed E-state index contributed by atoms with van der Waals surface area (Å²) in [7, 11) is 0. The molecule has 0 spiro atoms. The zero-order chi connectivity index (χ0) is 9.28. The molecule has 1 unspecified atom stereocenters. The molecule has 0 rings (SSSR count). The quantitative estimate of drug-likeness (QED) is 0.621. The Balaban J connectivity index is 4.34. The SMILES string of the molecule is CC(C)(C)C(C)(O)CC(N)=O. The van der Waals surface area contributed by atoms with Gasteiger partial charge in [-0.3, -0.25) is 4.79 Å². The van der Waals surface area contributed by atoms with Crippen molar-refractivity contribution >= 4 is 5.91 Å². The van der Waals surface area contributed by atoms with Crippen LogP contribution in [0.4, 0.5) is 0 Å². The third kappa shape index (κ3) is 2.89. The summed E-state index contributed by atoms with van der Waals surface area (Å²) >= 11 is 0. The second-order valence-electron chi connectivity index (χ2n) is 4.17. The maximum absolute atomic E-state index is 10.5. The lowest BCUT2D eigenvalue weighted by Crippen LogP contribution is -2.43. The minimum Gasteiger partial charge on any atom is -0.389 e. The Morgan fingerprint density at radius 3 is 1.82 bits per heavy atom. The first kappa shape index (κ1) is 10.4. The van der Waals surface area contributed by atoms with Crippen LogP contribution < -0.4 is 5.73 Å². The van der Waals surface area contributed by atoms with Crippen molar-refractivity contribution in [3.05, 3.63) is 0 Å². The fourth-order valence-corrected chi connectivity index (χ4v) is 0.604. The topological polar surface area (TPSA) is 63.3 Å². The van der Waals surface area contributed by atoms with Gasteiger partial charge >= 0.3 is 0 Å². The number of hydrogen-bond acceptors (Lipinski definition) is 2. The summed E-state index contributed by atoms with van der Waals surface area (Å²) in [6.45, 7) is 7.24. The van der Waals surface area contributed by atoms with Crippen molar-refractivity contribution in [3.63, 3.8) is 0 Å². The van der Waals surface area contributed by atoms with Gasteiger partial charge in [0.15, 0.2) is 0 Å². The van der Waals surface area contributed by atoms with Gasteiger partial charge in [-0.2, -0.15) is 0 Å². The molecule has 0 bridgehead atoms. The lowest BCUT2D eigenvalue weighted by Gasteiger charge is -2.36. The Kier molecular flexibility index (Phi) is 2.67. The zero-order valence-corrected chi connectivity index (χ0v) is 7.64. The monoisotopic (exact) mass is 159 g/mol. The van der Waals surface area contributed by atoms with Gasteiger partial charge < -0.3 is 10.8 Å². The fraction of sp³-hybridized carbons (Fsp3) is 0.875. The Hall–Kier alpha value is -0.570. The molecule has 0 aliphatic carbocycles. The number of carbonyl (C=O) groups excluding carboxylic acids is 1. The summed E-state index contributed by atoms with van der Waals surface area (Å²) in [4.78, 5) is 10.5. The van der Waals surface area contributed by atoms with Gasteiger partial charge in [0.05, 0.1) is 12.0 Å². The van der Waals surface area contributed by atoms with Crippen LogP contribution in [0, 0.1) is 5.41 Å². The molecule has 0 aromatic carbocycles. The molecule has 0 aliphatic rings. The van der Waals surface area contributed by atoms with Crippen LogP contribution in [0.25, 0.3) is 0 Å². The van der Waals surface area contributed by atoms with Crippen LogP contribution in [-0.2, 0) is 4.79 Å². The highest BCUT2D eigenvalue weighted by Gasteiger charge is 2.36. The number of rotatable bonds is 2. The van der Waals surface area contributed by atoms with Gasteiger partial charge in [0, 0.05) is 0 Å². The maximum atomic E-state index is 10.5. The summed E-state index contributed by atoms with van der Waals surface area (Å²) in [5.74, 6) is -0.468. The zero-order valence-electron chi connectivity index (χ0n) is 7.64. The van der Waals surface area contributed by atoms with E-state index in [9.17, 15) is 9.90 Å². The minimum absolute atomic E-state index is 0.0104. The smallest absolute Gasteiger partial charge is 0.220 e. The molecule has 1 amide bonds. The van der Waals surface area contributed by atoms with Crippen LogP contribution in [0.5, 0.6) is 0 Å². The largest absolute Gasteiger partial charge is 0.389 e. The first-order chi connectivity index (χ1) is 4.67. The van der Waals surface area contributed by atoms with E-state index >= 15 is 0 Å². The highest BCUT2D eigenvalue weighted by atomic mass is 16.3. The van der Waals surface area contributed by atoms with Crippen molar-refractivity contribution in [3.8, 4) is 0 Å². The Labute approximate surface area is 67.6 Å². The van der Waals surface area contributed by atoms with Crippen LogP contribution in [0.2, 0.25) is 0 Å². The fourth-order valence-electron chi connectivity index (χ4n) is 0.604. The lowest BCUT2D eigenvalue weighted by molar-refractivity contribution is -0.127. The van der Waals surface area contributed by atoms with Crippen molar-refractivity contribution in [2.45, 2.75) is 39.7 Å². The van der Waals surface area contributed by atoms with E-state index in [1.54, 1.807) is 6.92 Å². The molecular weight excluding hydrogens is 142 g/mol. The normalized spacial score (nSPS) is 17.5. The standard InChI is InChI=1S/C8H17NO2/c1-7(2,3)8(4,11)5-6(9)10/h11H,5H2,1-4H3,(H2,9,10). The van der Waals surface area contributed by atoms with Gasteiger partial charge in [-0.05, 0) is 12.3 Å². The number of carbonyl (C=O) groups is 1. The van der Waals surface area contributed by atoms with Gasteiger partial charge in [-0.25, -0.2) is 0 Å². The molecule has 3 N–H and O–H groups in total. The highest BCUT2D eigenvalue weighted by molar-refractivity contribution is 5.74. The molecule has 66 valence electrons. The van der Waals surface area contributed by atoms with E-state index in [-0.39, 0.29) is 11.8 Å². The van der Waals surface area contributed by atoms with Crippen LogP contribution in [0.15, 0.2) is 0 Å². The van der Waals surface area contributed by atoms with Gasteiger partial charge in [0.25, 0.3) is 0 Å². The molecule has 0 aromatic heterocycles. The van der Waals surface area contributed by atoms with Crippen molar-refractivity contribution in [1.29, 1.82) is 0 Å². The Morgan fingerprint density at radius 2 is 1.73 bits per heavy atom. The van der Waals surface area contributed by atoms with E-state index in [1.165, 1.54) is 0 Å². The summed E-state index contributed by atoms with van der Waals surface area (Å²) < 4.78 is 0. The number of hydrogen-bond donors (Lipinski definition) is 2. The number of nitrogens with two attached hydrogens (primary N) is 1. The van der Waals surface area contributed by atoms with E-state index in [1.807, 2.05) is 20.8 Å². The third-order valence-electron chi connectivity index (χ3n) is 2.13. The Bertz CT molecular complexity index is 156. The molecule has 0 aliphatic heterocycles. The van der Waals surface area contributed by atoms with E-state index < -0.39 is 11.5 Å². The molecule has 0 radical (unpaired) electrons. The molecule has 3 nitrogen and oxygen atoms in total. The van der Waals surface area contributed by atoms with E-state index in [4.69, 9.17) is 5.73 Å². The predicted molar refractivity (Wildman–Crippen MR) is 43.9 cm³/mol. The Morgan fingerprint density at radius 1 is 1.36 bits per heavy atom. The average Bonchev–Trinajstić information content (AvgIpc) is 1.56. The molecule has 0 fully saturated rings. The summed E-state index contributed by atoms with van der Waals surface area (Å²) in [6.07, 6.45) is 0.0104. The van der Waals surface area contributed by atoms with Gasteiger partial charge in [-0.1, -0.05) is 20.8 Å². The predicted octanol–water partition coefficient (Wildman–Crippen LogP) is 0.659. The molecule has 0 saturated carbocycles. The van der Waals surface area contributed by atoms with Gasteiger partial charge in [0.2, 0.25) is 5.91 Å². The highest BCUT2D eigenvalue weighted by Crippen LogP contribution is 2.32. The van der Waals surface area contributed by atoms with Crippen molar-refractivity contribution < 1.29 is 9.90 Å². The summed E-state index contributed by atoms with van der Waals surface area (Å²) in [5.41, 5.74) is 3.64. The molecule has 0 aromatic rings. The minimum atomic E-state index is -1.02. The second-order valence-corrected chi connectivity index (χ2v) is 4.17. The maximum Gasteiger partial charge on any atom is 0.220 e.